The molecule has 1 aliphatic heterocycles. The topological polar surface area (TPSA) is 45.2 Å². The molecule has 2 aromatic rings. The smallest absolute Gasteiger partial charge is 0.161 e. The summed E-state index contributed by atoms with van der Waals surface area (Å²) in [4.78, 5) is 18.7. The molecule has 1 aliphatic rings. The zero-order valence-electron chi connectivity index (χ0n) is 15.0. The lowest BCUT2D eigenvalue weighted by molar-refractivity contribution is 0.294. The molecule has 1 saturated heterocycles. The second kappa shape index (κ2) is 7.71. The maximum atomic E-state index is 4.91. The zero-order valence-corrected chi connectivity index (χ0v) is 15.0. The second-order valence-corrected chi connectivity index (χ2v) is 6.50. The summed E-state index contributed by atoms with van der Waals surface area (Å²) in [5, 5.41) is 0. The average molecular weight is 325 g/mol. The van der Waals surface area contributed by atoms with E-state index in [-0.39, 0.29) is 0 Å². The third-order valence-electron chi connectivity index (χ3n) is 4.73. The highest BCUT2D eigenvalue weighted by Crippen LogP contribution is 2.25. The van der Waals surface area contributed by atoms with Crippen molar-refractivity contribution in [3.05, 3.63) is 35.8 Å². The van der Waals surface area contributed by atoms with Crippen LogP contribution in [0.3, 0.4) is 0 Å². The van der Waals surface area contributed by atoms with E-state index in [1.807, 2.05) is 12.1 Å². The summed E-state index contributed by atoms with van der Waals surface area (Å²) in [6.07, 6.45) is 6.00. The second-order valence-electron chi connectivity index (χ2n) is 6.50. The fraction of sp³-hybridized carbons (Fsp3) is 0.526. The van der Waals surface area contributed by atoms with Gasteiger partial charge in [-0.1, -0.05) is 6.92 Å². The highest BCUT2D eigenvalue weighted by Gasteiger charge is 2.19. The summed E-state index contributed by atoms with van der Waals surface area (Å²) in [5.41, 5.74) is 3.27. The molecule has 24 heavy (non-hydrogen) atoms. The number of nitrogens with zero attached hydrogens (tertiary/aromatic N) is 5. The van der Waals surface area contributed by atoms with E-state index in [0.717, 1.165) is 42.5 Å². The number of aryl methyl sites for hydroxylation is 1. The fourth-order valence-electron chi connectivity index (χ4n) is 3.27. The van der Waals surface area contributed by atoms with E-state index in [0.29, 0.717) is 0 Å². The van der Waals surface area contributed by atoms with E-state index in [9.17, 15) is 0 Å². The molecule has 0 bridgehead atoms. The van der Waals surface area contributed by atoms with Crippen molar-refractivity contribution in [2.75, 3.05) is 37.6 Å². The van der Waals surface area contributed by atoms with Crippen LogP contribution in [-0.4, -0.2) is 52.6 Å². The molecule has 0 amide bonds. The van der Waals surface area contributed by atoms with Crippen molar-refractivity contribution in [2.24, 2.45) is 0 Å². The Balaban J connectivity index is 1.88. The van der Waals surface area contributed by atoms with Crippen molar-refractivity contribution >= 4 is 5.82 Å². The van der Waals surface area contributed by atoms with E-state index in [1.54, 1.807) is 12.4 Å². The first-order valence-electron chi connectivity index (χ1n) is 8.92. The van der Waals surface area contributed by atoms with Crippen molar-refractivity contribution in [2.45, 2.75) is 33.6 Å². The molecular formula is C19H27N5. The maximum absolute atomic E-state index is 4.91. The fourth-order valence-corrected chi connectivity index (χ4v) is 3.27. The predicted octanol–water partition coefficient (Wildman–Crippen LogP) is 3.08. The molecule has 0 aliphatic carbocycles. The molecule has 0 unspecified atom stereocenters. The van der Waals surface area contributed by atoms with Crippen LogP contribution in [0.15, 0.2) is 24.5 Å². The summed E-state index contributed by atoms with van der Waals surface area (Å²) in [6.45, 7) is 12.0. The lowest BCUT2D eigenvalue weighted by Crippen LogP contribution is -2.32. The predicted molar refractivity (Wildman–Crippen MR) is 98.3 cm³/mol. The summed E-state index contributed by atoms with van der Waals surface area (Å²) >= 11 is 0. The SMILES string of the molecule is CCCN1CCCN(c2nc(-c3ccncc3)nc(C)c2C)CC1. The number of rotatable bonds is 4. The van der Waals surface area contributed by atoms with Gasteiger partial charge in [0, 0.05) is 48.8 Å². The highest BCUT2D eigenvalue weighted by molar-refractivity contribution is 5.59. The largest absolute Gasteiger partial charge is 0.355 e. The lowest BCUT2D eigenvalue weighted by atomic mass is 10.2. The van der Waals surface area contributed by atoms with Gasteiger partial charge >= 0.3 is 0 Å². The zero-order chi connectivity index (χ0) is 16.9. The van der Waals surface area contributed by atoms with Gasteiger partial charge in [-0.05, 0) is 51.9 Å². The van der Waals surface area contributed by atoms with Crippen LogP contribution in [0.4, 0.5) is 5.82 Å². The van der Waals surface area contributed by atoms with Crippen molar-refractivity contribution in [3.8, 4) is 11.4 Å². The first-order chi connectivity index (χ1) is 11.7. The van der Waals surface area contributed by atoms with Crippen molar-refractivity contribution in [3.63, 3.8) is 0 Å². The molecule has 0 N–H and O–H groups in total. The van der Waals surface area contributed by atoms with E-state index in [2.05, 4.69) is 35.6 Å². The van der Waals surface area contributed by atoms with Gasteiger partial charge in [0.2, 0.25) is 0 Å². The van der Waals surface area contributed by atoms with Crippen LogP contribution in [0.5, 0.6) is 0 Å². The van der Waals surface area contributed by atoms with E-state index in [4.69, 9.17) is 9.97 Å². The molecule has 5 heteroatoms. The monoisotopic (exact) mass is 325 g/mol. The Morgan fingerprint density at radius 1 is 1.00 bits per heavy atom. The minimum atomic E-state index is 0.796. The van der Waals surface area contributed by atoms with Gasteiger partial charge in [0.25, 0.3) is 0 Å². The molecular weight excluding hydrogens is 298 g/mol. The Kier molecular flexibility index (Phi) is 5.41. The molecule has 5 nitrogen and oxygen atoms in total. The minimum absolute atomic E-state index is 0.796. The van der Waals surface area contributed by atoms with E-state index < -0.39 is 0 Å². The van der Waals surface area contributed by atoms with Gasteiger partial charge < -0.3 is 9.80 Å². The molecule has 128 valence electrons. The molecule has 0 radical (unpaired) electrons. The Hall–Kier alpha value is -2.01. The first kappa shape index (κ1) is 16.8. The van der Waals surface area contributed by atoms with Gasteiger partial charge in [0.15, 0.2) is 5.82 Å². The van der Waals surface area contributed by atoms with Crippen LogP contribution in [0.2, 0.25) is 0 Å². The molecule has 2 aromatic heterocycles. The quantitative estimate of drug-likeness (QED) is 0.864. The van der Waals surface area contributed by atoms with Crippen LogP contribution in [-0.2, 0) is 0 Å². The van der Waals surface area contributed by atoms with Crippen LogP contribution in [0.1, 0.15) is 31.0 Å². The van der Waals surface area contributed by atoms with Crippen LogP contribution < -0.4 is 4.90 Å². The number of aromatic nitrogens is 3. The molecule has 0 spiro atoms. The van der Waals surface area contributed by atoms with Crippen LogP contribution in [0.25, 0.3) is 11.4 Å². The highest BCUT2D eigenvalue weighted by atomic mass is 15.3. The average Bonchev–Trinajstić information content (AvgIpc) is 2.84. The van der Waals surface area contributed by atoms with Gasteiger partial charge in [0.1, 0.15) is 5.82 Å². The number of hydrogen-bond acceptors (Lipinski definition) is 5. The molecule has 0 atom stereocenters. The summed E-state index contributed by atoms with van der Waals surface area (Å²) in [7, 11) is 0. The van der Waals surface area contributed by atoms with Crippen molar-refractivity contribution < 1.29 is 0 Å². The number of hydrogen-bond donors (Lipinski definition) is 0. The molecule has 0 aromatic carbocycles. The van der Waals surface area contributed by atoms with Gasteiger partial charge in [-0.2, -0.15) is 0 Å². The molecule has 3 rings (SSSR count). The third kappa shape index (κ3) is 3.73. The standard InChI is InChI=1S/C19H27N5/c1-4-10-23-11-5-12-24(14-13-23)19-15(2)16(3)21-18(22-19)17-6-8-20-9-7-17/h6-9H,4-5,10-14H2,1-3H3. The van der Waals surface area contributed by atoms with Crippen molar-refractivity contribution in [1.82, 2.24) is 19.9 Å². The number of pyridine rings is 1. The Bertz CT molecular complexity index is 671. The molecule has 1 fully saturated rings. The maximum Gasteiger partial charge on any atom is 0.161 e. The first-order valence-corrected chi connectivity index (χ1v) is 8.92. The van der Waals surface area contributed by atoms with Gasteiger partial charge in [-0.15, -0.1) is 0 Å². The Morgan fingerprint density at radius 2 is 1.79 bits per heavy atom. The molecule has 0 saturated carbocycles. The third-order valence-corrected chi connectivity index (χ3v) is 4.73. The van der Waals surface area contributed by atoms with Gasteiger partial charge in [0.05, 0.1) is 0 Å². The number of anilines is 1. The summed E-state index contributed by atoms with van der Waals surface area (Å²) in [6, 6.07) is 3.94. The minimum Gasteiger partial charge on any atom is -0.355 e. The van der Waals surface area contributed by atoms with Crippen molar-refractivity contribution in [1.29, 1.82) is 0 Å². The Labute approximate surface area is 144 Å². The van der Waals surface area contributed by atoms with Crippen LogP contribution >= 0.6 is 0 Å². The van der Waals surface area contributed by atoms with Gasteiger partial charge in [-0.25, -0.2) is 9.97 Å². The van der Waals surface area contributed by atoms with E-state index in [1.165, 1.54) is 31.5 Å². The summed E-state index contributed by atoms with van der Waals surface area (Å²) < 4.78 is 0. The summed E-state index contributed by atoms with van der Waals surface area (Å²) in [5.74, 6) is 1.89. The molecule has 3 heterocycles. The lowest BCUT2D eigenvalue weighted by Gasteiger charge is -2.25. The van der Waals surface area contributed by atoms with E-state index >= 15 is 0 Å². The normalized spacial score (nSPS) is 16.2. The Morgan fingerprint density at radius 3 is 2.54 bits per heavy atom. The van der Waals surface area contributed by atoms with Gasteiger partial charge in [-0.3, -0.25) is 4.98 Å². The van der Waals surface area contributed by atoms with Crippen LogP contribution in [0, 0.1) is 13.8 Å².